The maximum Gasteiger partial charge on any atom is 0.161 e. The summed E-state index contributed by atoms with van der Waals surface area (Å²) in [6.45, 7) is 4.38. The van der Waals surface area contributed by atoms with Crippen molar-refractivity contribution in [2.45, 2.75) is 51.5 Å². The minimum atomic E-state index is 0.356. The molecule has 0 fully saturated rings. The van der Waals surface area contributed by atoms with Crippen LogP contribution in [0.3, 0.4) is 0 Å². The predicted octanol–water partition coefficient (Wildman–Crippen LogP) is 5.89. The number of aromatic nitrogens is 4. The Labute approximate surface area is 188 Å². The number of allylic oxidation sites excluding steroid dienone is 1. The molecule has 0 aliphatic heterocycles. The molecule has 2 aliphatic carbocycles. The molecule has 3 heterocycles. The Balaban J connectivity index is 1.38. The molecule has 2 aliphatic rings. The lowest BCUT2D eigenvalue weighted by Gasteiger charge is -2.26. The molecule has 0 saturated heterocycles. The summed E-state index contributed by atoms with van der Waals surface area (Å²) in [6, 6.07) is 15.4. The van der Waals surface area contributed by atoms with Gasteiger partial charge in [0, 0.05) is 35.6 Å². The second-order valence-electron chi connectivity index (χ2n) is 9.26. The van der Waals surface area contributed by atoms with E-state index in [1.54, 1.807) is 17.3 Å². The zero-order valence-electron chi connectivity index (χ0n) is 18.5. The van der Waals surface area contributed by atoms with E-state index in [0.717, 1.165) is 54.0 Å². The third-order valence-electron chi connectivity index (χ3n) is 6.85. The Morgan fingerprint density at radius 3 is 2.84 bits per heavy atom. The number of benzene rings is 1. The monoisotopic (exact) mass is 421 g/mol. The number of hydrogen-bond donors (Lipinski definition) is 1. The molecule has 4 aromatic rings. The Kier molecular flexibility index (Phi) is 4.56. The van der Waals surface area contributed by atoms with Gasteiger partial charge >= 0.3 is 0 Å². The van der Waals surface area contributed by atoms with Crippen LogP contribution in [0.15, 0.2) is 66.6 Å². The summed E-state index contributed by atoms with van der Waals surface area (Å²) in [5.74, 6) is 1.36. The molecule has 160 valence electrons. The van der Waals surface area contributed by atoms with Gasteiger partial charge in [-0.05, 0) is 60.4 Å². The topological polar surface area (TPSA) is 55.1 Å². The number of hydrogen-bond acceptors (Lipinski definition) is 4. The quantitative estimate of drug-likeness (QED) is 0.446. The van der Waals surface area contributed by atoms with Crippen molar-refractivity contribution in [3.63, 3.8) is 0 Å². The summed E-state index contributed by atoms with van der Waals surface area (Å²) in [5.41, 5.74) is 10.1. The molecule has 0 radical (unpaired) electrons. The lowest BCUT2D eigenvalue weighted by molar-refractivity contribution is 0.629. The fourth-order valence-corrected chi connectivity index (χ4v) is 5.17. The van der Waals surface area contributed by atoms with Crippen molar-refractivity contribution >= 4 is 17.0 Å². The second kappa shape index (κ2) is 7.59. The molecule has 0 unspecified atom stereocenters. The highest BCUT2D eigenvalue weighted by atomic mass is 15.3. The number of fused-ring (bicyclic) bond motifs is 3. The van der Waals surface area contributed by atoms with Gasteiger partial charge in [-0.2, -0.15) is 9.61 Å². The fourth-order valence-electron chi connectivity index (χ4n) is 5.17. The minimum Gasteiger partial charge on any atom is -0.367 e. The van der Waals surface area contributed by atoms with Crippen LogP contribution in [0.2, 0.25) is 0 Å². The average molecular weight is 422 g/mol. The van der Waals surface area contributed by atoms with Crippen LogP contribution >= 0.6 is 0 Å². The summed E-state index contributed by atoms with van der Waals surface area (Å²) >= 11 is 0. The van der Waals surface area contributed by atoms with Crippen molar-refractivity contribution in [3.05, 3.63) is 83.3 Å². The average Bonchev–Trinajstić information content (AvgIpc) is 3.41. The molecule has 5 heteroatoms. The first kappa shape index (κ1) is 19.2. The van der Waals surface area contributed by atoms with Crippen molar-refractivity contribution in [2.24, 2.45) is 0 Å². The van der Waals surface area contributed by atoms with Gasteiger partial charge in [-0.1, -0.05) is 43.7 Å². The van der Waals surface area contributed by atoms with Gasteiger partial charge in [0.1, 0.15) is 5.82 Å². The van der Waals surface area contributed by atoms with E-state index in [-0.39, 0.29) is 0 Å². The van der Waals surface area contributed by atoms with E-state index in [1.165, 1.54) is 11.1 Å². The van der Waals surface area contributed by atoms with Crippen LogP contribution in [0.25, 0.3) is 22.5 Å². The van der Waals surface area contributed by atoms with Crippen LogP contribution < -0.4 is 5.32 Å². The van der Waals surface area contributed by atoms with Gasteiger partial charge in [0.2, 0.25) is 0 Å². The van der Waals surface area contributed by atoms with E-state index in [0.29, 0.717) is 12.0 Å². The first-order chi connectivity index (χ1) is 15.7. The zero-order valence-corrected chi connectivity index (χ0v) is 18.5. The van der Waals surface area contributed by atoms with Crippen LogP contribution in [0, 0.1) is 0 Å². The van der Waals surface area contributed by atoms with Crippen molar-refractivity contribution in [1.82, 2.24) is 19.6 Å². The summed E-state index contributed by atoms with van der Waals surface area (Å²) in [5, 5.41) is 8.54. The third-order valence-corrected chi connectivity index (χ3v) is 6.85. The van der Waals surface area contributed by atoms with E-state index in [1.807, 2.05) is 23.0 Å². The second-order valence-corrected chi connectivity index (χ2v) is 9.26. The summed E-state index contributed by atoms with van der Waals surface area (Å²) in [7, 11) is 0. The molecule has 32 heavy (non-hydrogen) atoms. The largest absolute Gasteiger partial charge is 0.367 e. The summed E-state index contributed by atoms with van der Waals surface area (Å²) < 4.78 is 1.97. The lowest BCUT2D eigenvalue weighted by Crippen LogP contribution is -2.24. The molecule has 0 saturated carbocycles. The number of pyridine rings is 1. The van der Waals surface area contributed by atoms with E-state index >= 15 is 0 Å². The molecule has 5 nitrogen and oxygen atoms in total. The highest BCUT2D eigenvalue weighted by Gasteiger charge is 2.28. The maximum atomic E-state index is 4.97. The molecule has 6 rings (SSSR count). The van der Waals surface area contributed by atoms with Gasteiger partial charge in [-0.3, -0.25) is 4.98 Å². The highest BCUT2D eigenvalue weighted by Crippen LogP contribution is 2.42. The Hall–Kier alpha value is -3.47. The van der Waals surface area contributed by atoms with Crippen LogP contribution in [0.1, 0.15) is 55.7 Å². The van der Waals surface area contributed by atoms with Crippen molar-refractivity contribution in [1.29, 1.82) is 0 Å². The van der Waals surface area contributed by atoms with Crippen molar-refractivity contribution in [3.8, 4) is 11.3 Å². The number of nitrogens with zero attached hydrogens (tertiary/aromatic N) is 4. The van der Waals surface area contributed by atoms with E-state index in [2.05, 4.69) is 60.5 Å². The highest BCUT2D eigenvalue weighted by molar-refractivity contribution is 5.78. The van der Waals surface area contributed by atoms with Crippen molar-refractivity contribution < 1.29 is 0 Å². The molecule has 1 N–H and O–H groups in total. The Morgan fingerprint density at radius 2 is 2.00 bits per heavy atom. The van der Waals surface area contributed by atoms with Gasteiger partial charge in [0.05, 0.1) is 11.9 Å². The predicted molar refractivity (Wildman–Crippen MR) is 129 cm³/mol. The van der Waals surface area contributed by atoms with E-state index in [4.69, 9.17) is 10.1 Å². The van der Waals surface area contributed by atoms with Crippen molar-refractivity contribution in [2.75, 3.05) is 5.32 Å². The molecular formula is C27H27N5. The van der Waals surface area contributed by atoms with Crippen LogP contribution in [-0.2, 0) is 6.42 Å². The molecule has 0 amide bonds. The zero-order chi connectivity index (χ0) is 21.7. The summed E-state index contributed by atoms with van der Waals surface area (Å²) in [4.78, 5) is 9.27. The van der Waals surface area contributed by atoms with Gasteiger partial charge in [0.25, 0.3) is 0 Å². The van der Waals surface area contributed by atoms with Gasteiger partial charge in [0.15, 0.2) is 5.65 Å². The molecular weight excluding hydrogens is 394 g/mol. The van der Waals surface area contributed by atoms with Gasteiger partial charge in [-0.15, -0.1) is 0 Å². The number of anilines is 1. The van der Waals surface area contributed by atoms with E-state index in [9.17, 15) is 0 Å². The summed E-state index contributed by atoms with van der Waals surface area (Å²) in [6.07, 6.45) is 10.1. The molecule has 0 spiro atoms. The Morgan fingerprint density at radius 1 is 1.09 bits per heavy atom. The van der Waals surface area contributed by atoms with Gasteiger partial charge in [-0.25, -0.2) is 4.98 Å². The molecule has 0 bridgehead atoms. The molecule has 1 atom stereocenters. The first-order valence-electron chi connectivity index (χ1n) is 11.5. The normalized spacial score (nSPS) is 17.7. The maximum absolute atomic E-state index is 4.97. The third kappa shape index (κ3) is 3.20. The fraction of sp³-hybridized carbons (Fsp3) is 0.296. The van der Waals surface area contributed by atoms with Crippen LogP contribution in [0.4, 0.5) is 5.82 Å². The van der Waals surface area contributed by atoms with E-state index < -0.39 is 0 Å². The SMILES string of the molecule is CC(C)c1cnn2c(N[C@@H]3CCC4=C(C3)c3ccccc3C4)cc(-c3cccnc3)nc12. The van der Waals surface area contributed by atoms with Gasteiger partial charge < -0.3 is 5.32 Å². The minimum absolute atomic E-state index is 0.356. The Bertz CT molecular complexity index is 1330. The first-order valence-corrected chi connectivity index (χ1v) is 11.5. The smallest absolute Gasteiger partial charge is 0.161 e. The van der Waals surface area contributed by atoms with Crippen LogP contribution in [-0.4, -0.2) is 25.6 Å². The van der Waals surface area contributed by atoms with Crippen LogP contribution in [0.5, 0.6) is 0 Å². The molecule has 3 aromatic heterocycles. The molecule has 1 aromatic carbocycles. The number of nitrogens with one attached hydrogen (secondary N) is 1. The lowest BCUT2D eigenvalue weighted by atomic mass is 9.88. The standard InChI is InChI=1S/C27H27N5/c1-17(2)24-16-29-32-26(14-25(31-27(24)32)20-7-5-11-28-15-20)30-21-10-9-19-12-18-6-3-4-8-22(18)23(19)13-21/h3-8,11,14-17,21,30H,9-10,12-13H2,1-2H3/t21-/m1/s1. The number of rotatable bonds is 4.